The van der Waals surface area contributed by atoms with Crippen LogP contribution >= 0.6 is 22.6 Å². The summed E-state index contributed by atoms with van der Waals surface area (Å²) >= 11 is 2.21. The summed E-state index contributed by atoms with van der Waals surface area (Å²) in [5.74, 6) is 0.697. The molecular formula is C20H19IN2O3S. The van der Waals surface area contributed by atoms with Gasteiger partial charge < -0.3 is 9.32 Å². The Balaban J connectivity index is 1.88. The van der Waals surface area contributed by atoms with E-state index in [-0.39, 0.29) is 9.92 Å². The van der Waals surface area contributed by atoms with Gasteiger partial charge in [0.1, 0.15) is 0 Å². The van der Waals surface area contributed by atoms with E-state index in [9.17, 15) is 8.42 Å². The van der Waals surface area contributed by atoms with E-state index >= 15 is 0 Å². The third-order valence-electron chi connectivity index (χ3n) is 4.63. The van der Waals surface area contributed by atoms with Crippen LogP contribution in [0.2, 0.25) is 0 Å². The molecule has 0 N–H and O–H groups in total. The monoisotopic (exact) mass is 494 g/mol. The molecule has 2 aromatic carbocycles. The first kappa shape index (κ1) is 18.5. The lowest BCUT2D eigenvalue weighted by atomic mass is 10.1. The van der Waals surface area contributed by atoms with Crippen molar-refractivity contribution in [1.82, 2.24) is 4.98 Å². The van der Waals surface area contributed by atoms with Crippen LogP contribution in [0.3, 0.4) is 0 Å². The van der Waals surface area contributed by atoms with Gasteiger partial charge in [0, 0.05) is 16.7 Å². The first-order chi connectivity index (χ1) is 13.1. The average Bonchev–Trinajstić information content (AvgIpc) is 3.16. The number of hydrogen-bond donors (Lipinski definition) is 0. The second kappa shape index (κ2) is 7.63. The zero-order valence-electron chi connectivity index (χ0n) is 14.6. The van der Waals surface area contributed by atoms with Gasteiger partial charge in [0.2, 0.25) is 26.6 Å². The standard InChI is InChI=1S/C20H19IN2O3S/c21-17-12-6-5-11-16(17)18-22-19(20(26-18)23-13-7-2-8-14-23)27(24,25)15-9-3-1-4-10-15/h1,3-6,9-12H,2,7-8,13-14H2. The van der Waals surface area contributed by atoms with Crippen LogP contribution in [-0.4, -0.2) is 26.5 Å². The molecule has 0 atom stereocenters. The fourth-order valence-corrected chi connectivity index (χ4v) is 5.19. The summed E-state index contributed by atoms with van der Waals surface area (Å²) < 4.78 is 33.6. The van der Waals surface area contributed by atoms with Gasteiger partial charge >= 0.3 is 0 Å². The lowest BCUT2D eigenvalue weighted by Crippen LogP contribution is -2.30. The normalized spacial score (nSPS) is 15.1. The van der Waals surface area contributed by atoms with E-state index in [4.69, 9.17) is 4.42 Å². The van der Waals surface area contributed by atoms with Gasteiger partial charge in [0.05, 0.1) is 10.5 Å². The molecule has 1 aromatic heterocycles. The molecule has 27 heavy (non-hydrogen) atoms. The molecular weight excluding hydrogens is 475 g/mol. The summed E-state index contributed by atoms with van der Waals surface area (Å²) in [7, 11) is -3.77. The molecule has 7 heteroatoms. The highest BCUT2D eigenvalue weighted by molar-refractivity contribution is 14.1. The Morgan fingerprint density at radius 3 is 2.30 bits per heavy atom. The van der Waals surface area contributed by atoms with Crippen molar-refractivity contribution >= 4 is 38.3 Å². The molecule has 140 valence electrons. The predicted octanol–water partition coefficient (Wildman–Crippen LogP) is 4.77. The number of sulfone groups is 1. The number of rotatable bonds is 4. The number of halogens is 1. The Morgan fingerprint density at radius 2 is 1.59 bits per heavy atom. The number of oxazole rings is 1. The van der Waals surface area contributed by atoms with Crippen LogP contribution < -0.4 is 4.90 Å². The smallest absolute Gasteiger partial charge is 0.236 e. The van der Waals surface area contributed by atoms with E-state index in [2.05, 4.69) is 27.6 Å². The lowest BCUT2D eigenvalue weighted by Gasteiger charge is -2.26. The molecule has 0 bridgehead atoms. The number of anilines is 1. The van der Waals surface area contributed by atoms with Gasteiger partial charge in [-0.1, -0.05) is 30.3 Å². The van der Waals surface area contributed by atoms with Crippen molar-refractivity contribution in [2.24, 2.45) is 0 Å². The van der Waals surface area contributed by atoms with Gasteiger partial charge in [-0.05, 0) is 66.1 Å². The fourth-order valence-electron chi connectivity index (χ4n) is 3.23. The predicted molar refractivity (Wildman–Crippen MR) is 113 cm³/mol. The second-order valence-electron chi connectivity index (χ2n) is 6.47. The van der Waals surface area contributed by atoms with Crippen molar-refractivity contribution in [3.8, 4) is 11.5 Å². The van der Waals surface area contributed by atoms with E-state index < -0.39 is 9.84 Å². The maximum absolute atomic E-state index is 13.3. The topological polar surface area (TPSA) is 63.4 Å². The minimum absolute atomic E-state index is 0.00486. The van der Waals surface area contributed by atoms with Crippen LogP contribution in [0.15, 0.2) is 68.9 Å². The van der Waals surface area contributed by atoms with Crippen molar-refractivity contribution < 1.29 is 12.8 Å². The number of piperidine rings is 1. The van der Waals surface area contributed by atoms with Gasteiger partial charge in [-0.25, -0.2) is 8.42 Å². The quantitative estimate of drug-likeness (QED) is 0.489. The first-order valence-electron chi connectivity index (χ1n) is 8.88. The van der Waals surface area contributed by atoms with Crippen molar-refractivity contribution in [1.29, 1.82) is 0 Å². The van der Waals surface area contributed by atoms with E-state index in [0.717, 1.165) is 41.5 Å². The molecule has 4 rings (SSSR count). The zero-order valence-corrected chi connectivity index (χ0v) is 17.6. The molecule has 0 unspecified atom stereocenters. The first-order valence-corrected chi connectivity index (χ1v) is 11.4. The van der Waals surface area contributed by atoms with Crippen LogP contribution in [0.1, 0.15) is 19.3 Å². The highest BCUT2D eigenvalue weighted by Crippen LogP contribution is 2.36. The van der Waals surface area contributed by atoms with E-state index in [1.54, 1.807) is 30.3 Å². The molecule has 0 aliphatic carbocycles. The lowest BCUT2D eigenvalue weighted by molar-refractivity contribution is 0.499. The van der Waals surface area contributed by atoms with Crippen LogP contribution in [-0.2, 0) is 9.84 Å². The zero-order chi connectivity index (χ0) is 18.9. The van der Waals surface area contributed by atoms with Gasteiger partial charge in [0.15, 0.2) is 0 Å². The summed E-state index contributed by atoms with van der Waals surface area (Å²) in [5.41, 5.74) is 0.797. The number of benzene rings is 2. The molecule has 5 nitrogen and oxygen atoms in total. The van der Waals surface area contributed by atoms with Gasteiger partial charge in [-0.15, -0.1) is 0 Å². The number of aromatic nitrogens is 1. The third kappa shape index (κ3) is 3.62. The molecule has 1 aliphatic rings. The molecule has 1 fully saturated rings. The molecule has 0 saturated carbocycles. The van der Waals surface area contributed by atoms with Crippen LogP contribution in [0, 0.1) is 3.57 Å². The Labute approximate surface area is 172 Å². The Morgan fingerprint density at radius 1 is 0.926 bits per heavy atom. The summed E-state index contributed by atoms with van der Waals surface area (Å²) in [6.45, 7) is 1.55. The Kier molecular flexibility index (Phi) is 5.23. The molecule has 0 radical (unpaired) electrons. The van der Waals surface area contributed by atoms with E-state index in [1.165, 1.54) is 0 Å². The van der Waals surface area contributed by atoms with E-state index in [1.807, 2.05) is 29.2 Å². The van der Waals surface area contributed by atoms with Crippen molar-refractivity contribution in [2.45, 2.75) is 29.2 Å². The number of hydrogen-bond acceptors (Lipinski definition) is 5. The molecule has 3 aromatic rings. The van der Waals surface area contributed by atoms with Gasteiger partial charge in [0.25, 0.3) is 0 Å². The van der Waals surface area contributed by atoms with Crippen molar-refractivity contribution in [2.75, 3.05) is 18.0 Å². The molecule has 1 aliphatic heterocycles. The average molecular weight is 494 g/mol. The molecule has 0 amide bonds. The van der Waals surface area contributed by atoms with E-state index in [0.29, 0.717) is 11.8 Å². The van der Waals surface area contributed by atoms with Gasteiger partial charge in [-0.3, -0.25) is 0 Å². The third-order valence-corrected chi connectivity index (χ3v) is 7.24. The molecule has 0 spiro atoms. The minimum atomic E-state index is -3.77. The summed E-state index contributed by atoms with van der Waals surface area (Å²) in [6, 6.07) is 16.1. The van der Waals surface area contributed by atoms with Crippen LogP contribution in [0.25, 0.3) is 11.5 Å². The summed E-state index contributed by atoms with van der Waals surface area (Å²) in [4.78, 5) is 6.70. The fraction of sp³-hybridized carbons (Fsp3) is 0.250. The maximum Gasteiger partial charge on any atom is 0.236 e. The highest BCUT2D eigenvalue weighted by Gasteiger charge is 2.32. The van der Waals surface area contributed by atoms with Gasteiger partial charge in [-0.2, -0.15) is 4.98 Å². The minimum Gasteiger partial charge on any atom is -0.419 e. The maximum atomic E-state index is 13.3. The second-order valence-corrected chi connectivity index (χ2v) is 9.50. The molecule has 1 saturated heterocycles. The summed E-state index contributed by atoms with van der Waals surface area (Å²) in [6.07, 6.45) is 3.18. The SMILES string of the molecule is O=S(=O)(c1ccccc1)c1nc(-c2ccccc2I)oc1N1CCCCC1. The Bertz CT molecular complexity index is 1040. The van der Waals surface area contributed by atoms with Crippen molar-refractivity contribution in [3.63, 3.8) is 0 Å². The van der Waals surface area contributed by atoms with Crippen LogP contribution in [0.4, 0.5) is 5.88 Å². The number of nitrogens with zero attached hydrogens (tertiary/aromatic N) is 2. The highest BCUT2D eigenvalue weighted by atomic mass is 127. The Hall–Kier alpha value is -1.87. The largest absolute Gasteiger partial charge is 0.419 e. The molecule has 2 heterocycles. The summed E-state index contributed by atoms with van der Waals surface area (Å²) in [5, 5.41) is 0.00486. The van der Waals surface area contributed by atoms with Crippen LogP contribution in [0.5, 0.6) is 0 Å². The van der Waals surface area contributed by atoms with Crippen molar-refractivity contribution in [3.05, 3.63) is 58.2 Å².